The van der Waals surface area contributed by atoms with Gasteiger partial charge in [0.05, 0.1) is 13.2 Å². The van der Waals surface area contributed by atoms with Crippen LogP contribution in [0, 0.1) is 0 Å². The maximum Gasteiger partial charge on any atom is 0.435 e. The Labute approximate surface area is 138 Å². The molecule has 1 aliphatic heterocycles. The van der Waals surface area contributed by atoms with Crippen LogP contribution in [-0.4, -0.2) is 39.7 Å². The summed E-state index contributed by atoms with van der Waals surface area (Å²) in [5.41, 5.74) is 0.842. The van der Waals surface area contributed by atoms with Crippen LogP contribution in [0.2, 0.25) is 0 Å². The minimum absolute atomic E-state index is 0.190. The fraction of sp³-hybridized carbons (Fsp3) is 0.357. The van der Waals surface area contributed by atoms with Crippen LogP contribution in [0.1, 0.15) is 24.8 Å². The molecule has 0 saturated carbocycles. The van der Waals surface area contributed by atoms with Crippen molar-refractivity contribution in [2.24, 2.45) is 0 Å². The van der Waals surface area contributed by atoms with Gasteiger partial charge in [-0.1, -0.05) is 54.3 Å². The fourth-order valence-corrected chi connectivity index (χ4v) is 3.39. The lowest BCUT2D eigenvalue weighted by Crippen LogP contribution is -2.47. The van der Waals surface area contributed by atoms with E-state index in [4.69, 9.17) is 21.7 Å². The Morgan fingerprint density at radius 2 is 1.73 bits per heavy atom. The van der Waals surface area contributed by atoms with E-state index in [2.05, 4.69) is 0 Å². The summed E-state index contributed by atoms with van der Waals surface area (Å²) >= 11 is 6.45. The molecular formula is C14H16N2O4S2. The molecule has 2 rings (SSSR count). The van der Waals surface area contributed by atoms with Gasteiger partial charge in [0.25, 0.3) is 0 Å². The first kappa shape index (κ1) is 16.6. The molecule has 22 heavy (non-hydrogen) atoms. The summed E-state index contributed by atoms with van der Waals surface area (Å²) < 4.78 is 10.3. The monoisotopic (exact) mass is 340 g/mol. The predicted octanol–water partition coefficient (Wildman–Crippen LogP) is 3.55. The number of hydrogen-bond donors (Lipinski definition) is 0. The third-order valence-electron chi connectivity index (χ3n) is 2.80. The molecule has 0 radical (unpaired) electrons. The molecule has 1 unspecified atom stereocenters. The van der Waals surface area contributed by atoms with Gasteiger partial charge in [0.2, 0.25) is 0 Å². The molecule has 1 heterocycles. The number of amides is 2. The average molecular weight is 340 g/mol. The third kappa shape index (κ3) is 3.33. The van der Waals surface area contributed by atoms with E-state index in [-0.39, 0.29) is 17.5 Å². The van der Waals surface area contributed by atoms with Crippen LogP contribution in [0.3, 0.4) is 0 Å². The zero-order chi connectivity index (χ0) is 16.1. The van der Waals surface area contributed by atoms with E-state index in [1.807, 2.05) is 30.3 Å². The molecule has 0 aliphatic carbocycles. The topological polar surface area (TPSA) is 59.1 Å². The van der Waals surface area contributed by atoms with Crippen LogP contribution in [0.4, 0.5) is 9.59 Å². The first-order chi connectivity index (χ1) is 10.6. The summed E-state index contributed by atoms with van der Waals surface area (Å²) in [5.74, 6) is 0. The second-order valence-electron chi connectivity index (χ2n) is 4.20. The number of benzene rings is 1. The van der Waals surface area contributed by atoms with E-state index in [1.165, 1.54) is 16.8 Å². The van der Waals surface area contributed by atoms with Gasteiger partial charge in [0.15, 0.2) is 4.32 Å². The Balaban J connectivity index is 2.35. The quantitative estimate of drug-likeness (QED) is 0.784. The molecule has 1 aromatic carbocycles. The van der Waals surface area contributed by atoms with Crippen LogP contribution < -0.4 is 0 Å². The summed E-state index contributed by atoms with van der Waals surface area (Å²) in [6.07, 6.45) is -1.33. The maximum absolute atomic E-state index is 12.3. The Kier molecular flexibility index (Phi) is 5.62. The molecular weight excluding hydrogens is 324 g/mol. The molecule has 6 nitrogen and oxygen atoms in total. The summed E-state index contributed by atoms with van der Waals surface area (Å²) in [4.78, 5) is 24.4. The smallest absolute Gasteiger partial charge is 0.435 e. The highest BCUT2D eigenvalue weighted by molar-refractivity contribution is 8.23. The SMILES string of the molecule is CCOC(=O)N1C(=S)SC(c2ccccc2)N1C(=O)OCC. The van der Waals surface area contributed by atoms with Crippen molar-refractivity contribution < 1.29 is 19.1 Å². The van der Waals surface area contributed by atoms with Gasteiger partial charge in [-0.2, -0.15) is 10.0 Å². The molecule has 118 valence electrons. The Bertz CT molecular complexity index is 567. The zero-order valence-corrected chi connectivity index (χ0v) is 13.9. The van der Waals surface area contributed by atoms with E-state index in [9.17, 15) is 9.59 Å². The van der Waals surface area contributed by atoms with Gasteiger partial charge in [0, 0.05) is 0 Å². The molecule has 0 bridgehead atoms. The normalized spacial score (nSPS) is 17.5. The second kappa shape index (κ2) is 7.46. The maximum atomic E-state index is 12.3. The van der Waals surface area contributed by atoms with Crippen LogP contribution in [0.5, 0.6) is 0 Å². The lowest BCUT2D eigenvalue weighted by Gasteiger charge is -2.28. The first-order valence-electron chi connectivity index (χ1n) is 6.78. The van der Waals surface area contributed by atoms with E-state index in [0.717, 1.165) is 10.6 Å². The summed E-state index contributed by atoms with van der Waals surface area (Å²) in [5, 5.41) is 1.79. The van der Waals surface area contributed by atoms with Crippen molar-refractivity contribution in [3.05, 3.63) is 35.9 Å². The van der Waals surface area contributed by atoms with Gasteiger partial charge in [-0.25, -0.2) is 9.59 Å². The number of thiocarbonyl (C=S) groups is 1. The number of hydrogen-bond acceptors (Lipinski definition) is 6. The number of ether oxygens (including phenoxy) is 2. The number of carbonyl (C=O) groups excluding carboxylic acids is 2. The number of rotatable bonds is 3. The summed E-state index contributed by atoms with van der Waals surface area (Å²) in [6.45, 7) is 3.78. The standard InChI is InChI=1S/C14H16N2O4S2/c1-3-19-12(17)15-11(10-8-6-5-7-9-10)22-14(21)16(15)13(18)20-4-2/h5-9,11H,3-4H2,1-2H3. The number of hydrazine groups is 1. The summed E-state index contributed by atoms with van der Waals surface area (Å²) in [6, 6.07) is 9.31. The molecule has 0 aromatic heterocycles. The predicted molar refractivity (Wildman–Crippen MR) is 87.1 cm³/mol. The molecule has 1 saturated heterocycles. The van der Waals surface area contributed by atoms with Crippen LogP contribution >= 0.6 is 24.0 Å². The molecule has 0 spiro atoms. The van der Waals surface area contributed by atoms with Gasteiger partial charge < -0.3 is 9.47 Å². The average Bonchev–Trinajstić information content (AvgIpc) is 2.86. The molecule has 8 heteroatoms. The second-order valence-corrected chi connectivity index (χ2v) is 5.92. The van der Waals surface area contributed by atoms with Crippen molar-refractivity contribution in [2.45, 2.75) is 19.2 Å². The molecule has 0 N–H and O–H groups in total. The minimum atomic E-state index is -0.688. The van der Waals surface area contributed by atoms with Crippen molar-refractivity contribution in [3.63, 3.8) is 0 Å². The van der Waals surface area contributed by atoms with Gasteiger partial charge in [-0.05, 0) is 19.4 Å². The number of carbonyl (C=O) groups is 2. The van der Waals surface area contributed by atoms with Gasteiger partial charge >= 0.3 is 12.2 Å². The minimum Gasteiger partial charge on any atom is -0.448 e. The highest BCUT2D eigenvalue weighted by atomic mass is 32.2. The van der Waals surface area contributed by atoms with Crippen molar-refractivity contribution in [1.29, 1.82) is 0 Å². The van der Waals surface area contributed by atoms with Gasteiger partial charge in [-0.15, -0.1) is 0 Å². The molecule has 1 fully saturated rings. The largest absolute Gasteiger partial charge is 0.448 e. The molecule has 1 aromatic rings. The van der Waals surface area contributed by atoms with E-state index in [0.29, 0.717) is 0 Å². The molecule has 1 aliphatic rings. The Morgan fingerprint density at radius 1 is 1.14 bits per heavy atom. The van der Waals surface area contributed by atoms with E-state index < -0.39 is 17.6 Å². The van der Waals surface area contributed by atoms with E-state index >= 15 is 0 Å². The van der Waals surface area contributed by atoms with E-state index in [1.54, 1.807) is 13.8 Å². The fourth-order valence-electron chi connectivity index (χ4n) is 1.93. The van der Waals surface area contributed by atoms with Crippen molar-refractivity contribution in [3.8, 4) is 0 Å². The summed E-state index contributed by atoms with van der Waals surface area (Å²) in [7, 11) is 0. The Hall–Kier alpha value is -1.80. The highest BCUT2D eigenvalue weighted by Crippen LogP contribution is 2.43. The highest BCUT2D eigenvalue weighted by Gasteiger charge is 2.45. The van der Waals surface area contributed by atoms with Crippen LogP contribution in [0.25, 0.3) is 0 Å². The molecule has 2 amide bonds. The lowest BCUT2D eigenvalue weighted by atomic mass is 10.2. The van der Waals surface area contributed by atoms with Crippen molar-refractivity contribution >= 4 is 40.5 Å². The number of thioether (sulfide) groups is 1. The van der Waals surface area contributed by atoms with Gasteiger partial charge in [0.1, 0.15) is 5.37 Å². The molecule has 1 atom stereocenters. The lowest BCUT2D eigenvalue weighted by molar-refractivity contribution is 0.0189. The van der Waals surface area contributed by atoms with Crippen molar-refractivity contribution in [1.82, 2.24) is 10.0 Å². The number of nitrogens with zero attached hydrogens (tertiary/aromatic N) is 2. The first-order valence-corrected chi connectivity index (χ1v) is 8.07. The van der Waals surface area contributed by atoms with Crippen molar-refractivity contribution in [2.75, 3.05) is 13.2 Å². The van der Waals surface area contributed by atoms with Gasteiger partial charge in [-0.3, -0.25) is 0 Å². The Morgan fingerprint density at radius 3 is 2.32 bits per heavy atom. The third-order valence-corrected chi connectivity index (χ3v) is 4.33. The van der Waals surface area contributed by atoms with Crippen LogP contribution in [-0.2, 0) is 9.47 Å². The zero-order valence-electron chi connectivity index (χ0n) is 12.2. The van der Waals surface area contributed by atoms with Crippen LogP contribution in [0.15, 0.2) is 30.3 Å².